The van der Waals surface area contributed by atoms with Crippen molar-refractivity contribution >= 4 is 47.6 Å². The summed E-state index contributed by atoms with van der Waals surface area (Å²) in [5.74, 6) is -0.802. The van der Waals surface area contributed by atoms with Gasteiger partial charge in [0.25, 0.3) is 10.0 Å². The van der Waals surface area contributed by atoms with Gasteiger partial charge in [-0.3, -0.25) is 4.72 Å². The molecule has 0 aliphatic heterocycles. The van der Waals surface area contributed by atoms with Gasteiger partial charge in [-0.1, -0.05) is 44.0 Å². The second-order valence-corrected chi connectivity index (χ2v) is 7.14. The van der Waals surface area contributed by atoms with Gasteiger partial charge in [0.15, 0.2) is 0 Å². The third-order valence-corrected chi connectivity index (χ3v) is 5.10. The van der Waals surface area contributed by atoms with Crippen LogP contribution >= 0.6 is 31.9 Å². The average Bonchev–Trinajstić information content (AvgIpc) is 2.38. The summed E-state index contributed by atoms with van der Waals surface area (Å²) in [6.07, 6.45) is 0. The molecule has 0 heterocycles. The molecule has 0 saturated heterocycles. The summed E-state index contributed by atoms with van der Waals surface area (Å²) < 4.78 is 40.8. The first kappa shape index (κ1) is 15.5. The van der Waals surface area contributed by atoms with Crippen molar-refractivity contribution in [3.05, 3.63) is 58.3 Å². The van der Waals surface area contributed by atoms with E-state index in [0.717, 1.165) is 11.6 Å². The molecule has 20 heavy (non-hydrogen) atoms. The summed E-state index contributed by atoms with van der Waals surface area (Å²) >= 11 is 6.39. The van der Waals surface area contributed by atoms with Crippen LogP contribution in [-0.2, 0) is 15.4 Å². The zero-order chi connectivity index (χ0) is 14.8. The van der Waals surface area contributed by atoms with Gasteiger partial charge in [0, 0.05) is 15.5 Å². The molecular weight excluding hydrogens is 413 g/mol. The molecule has 0 fully saturated rings. The molecule has 2 rings (SSSR count). The minimum atomic E-state index is -3.94. The summed E-state index contributed by atoms with van der Waals surface area (Å²) in [7, 11) is -3.94. The van der Waals surface area contributed by atoms with Crippen molar-refractivity contribution in [1.29, 1.82) is 0 Å². The number of halogens is 3. The fourth-order valence-electron chi connectivity index (χ4n) is 1.57. The first-order valence-electron chi connectivity index (χ1n) is 5.55. The quantitative estimate of drug-likeness (QED) is 0.747. The number of hydrogen-bond donors (Lipinski definition) is 1. The Hall–Kier alpha value is -0.920. The molecule has 0 unspecified atom stereocenters. The molecule has 0 aliphatic rings. The molecule has 0 aliphatic carbocycles. The van der Waals surface area contributed by atoms with E-state index in [1.165, 1.54) is 12.1 Å². The van der Waals surface area contributed by atoms with Crippen LogP contribution in [0.3, 0.4) is 0 Å². The number of sulfonamides is 1. The number of alkyl halides is 1. The van der Waals surface area contributed by atoms with Crippen LogP contribution in [0.2, 0.25) is 0 Å². The first-order chi connectivity index (χ1) is 9.42. The summed E-state index contributed by atoms with van der Waals surface area (Å²) in [5.41, 5.74) is 1.40. The number of nitrogens with one attached hydrogen (secondary N) is 1. The van der Waals surface area contributed by atoms with Gasteiger partial charge in [0.1, 0.15) is 10.7 Å². The van der Waals surface area contributed by atoms with Gasteiger partial charge >= 0.3 is 0 Å². The van der Waals surface area contributed by atoms with Crippen molar-refractivity contribution in [2.75, 3.05) is 4.72 Å². The topological polar surface area (TPSA) is 46.2 Å². The van der Waals surface area contributed by atoms with Gasteiger partial charge in [0.05, 0.1) is 0 Å². The second kappa shape index (κ2) is 6.24. The normalized spacial score (nSPS) is 11.3. The Morgan fingerprint density at radius 3 is 2.30 bits per heavy atom. The second-order valence-electron chi connectivity index (χ2n) is 4.01. The molecule has 0 bridgehead atoms. The Bertz CT molecular complexity index is 718. The van der Waals surface area contributed by atoms with Gasteiger partial charge in [0.2, 0.25) is 0 Å². The zero-order valence-electron chi connectivity index (χ0n) is 10.1. The molecule has 3 nitrogen and oxygen atoms in total. The molecule has 0 spiro atoms. The smallest absolute Gasteiger partial charge is 0.264 e. The van der Waals surface area contributed by atoms with E-state index in [0.29, 0.717) is 15.5 Å². The fraction of sp³-hybridized carbons (Fsp3) is 0.0769. The SMILES string of the molecule is O=S(=O)(Nc1ccc(CBr)cc1)c1ccc(Br)cc1F. The number of benzene rings is 2. The van der Waals surface area contributed by atoms with Crippen LogP contribution < -0.4 is 4.72 Å². The molecular formula is C13H10Br2FNO2S. The van der Waals surface area contributed by atoms with E-state index in [1.807, 2.05) is 0 Å². The standard InChI is InChI=1S/C13H10Br2FNO2S/c14-8-9-1-4-11(5-2-9)17-20(18,19)13-6-3-10(15)7-12(13)16/h1-7,17H,8H2. The van der Waals surface area contributed by atoms with Crippen LogP contribution in [-0.4, -0.2) is 8.42 Å². The van der Waals surface area contributed by atoms with E-state index >= 15 is 0 Å². The lowest BCUT2D eigenvalue weighted by Crippen LogP contribution is -2.14. The number of rotatable bonds is 4. The molecule has 0 saturated carbocycles. The Morgan fingerprint density at radius 2 is 1.75 bits per heavy atom. The highest BCUT2D eigenvalue weighted by molar-refractivity contribution is 9.10. The number of anilines is 1. The Morgan fingerprint density at radius 1 is 1.10 bits per heavy atom. The lowest BCUT2D eigenvalue weighted by Gasteiger charge is -2.09. The van der Waals surface area contributed by atoms with Gasteiger partial charge < -0.3 is 0 Å². The van der Waals surface area contributed by atoms with Crippen LogP contribution in [0.15, 0.2) is 51.8 Å². The minimum absolute atomic E-state index is 0.384. The lowest BCUT2D eigenvalue weighted by atomic mass is 10.2. The minimum Gasteiger partial charge on any atom is -0.280 e. The maximum Gasteiger partial charge on any atom is 0.264 e. The Labute approximate surface area is 133 Å². The Balaban J connectivity index is 2.30. The Kier molecular flexibility index (Phi) is 4.82. The van der Waals surface area contributed by atoms with Crippen LogP contribution in [0.1, 0.15) is 5.56 Å². The molecule has 1 N–H and O–H groups in total. The van der Waals surface area contributed by atoms with E-state index in [9.17, 15) is 12.8 Å². The largest absolute Gasteiger partial charge is 0.280 e. The molecule has 0 atom stereocenters. The predicted molar refractivity (Wildman–Crippen MR) is 84.0 cm³/mol. The highest BCUT2D eigenvalue weighted by Gasteiger charge is 2.19. The molecule has 7 heteroatoms. The van der Waals surface area contributed by atoms with Crippen molar-refractivity contribution in [2.24, 2.45) is 0 Å². The molecule has 2 aromatic carbocycles. The van der Waals surface area contributed by atoms with E-state index in [2.05, 4.69) is 36.6 Å². The summed E-state index contributed by atoms with van der Waals surface area (Å²) in [5, 5.41) is 0.682. The molecule has 106 valence electrons. The first-order valence-corrected chi connectivity index (χ1v) is 8.95. The molecule has 0 aromatic heterocycles. The molecule has 0 radical (unpaired) electrons. The number of hydrogen-bond acceptors (Lipinski definition) is 2. The van der Waals surface area contributed by atoms with Gasteiger partial charge in [-0.15, -0.1) is 0 Å². The van der Waals surface area contributed by atoms with Gasteiger partial charge in [-0.25, -0.2) is 12.8 Å². The van der Waals surface area contributed by atoms with Crippen molar-refractivity contribution < 1.29 is 12.8 Å². The third-order valence-electron chi connectivity index (χ3n) is 2.54. The fourth-order valence-corrected chi connectivity index (χ4v) is 3.39. The van der Waals surface area contributed by atoms with Crippen LogP contribution in [0.25, 0.3) is 0 Å². The maximum atomic E-state index is 13.7. The zero-order valence-corrected chi connectivity index (χ0v) is 14.1. The third kappa shape index (κ3) is 3.59. The maximum absolute atomic E-state index is 13.7. The van der Waals surface area contributed by atoms with Crippen molar-refractivity contribution in [2.45, 2.75) is 10.2 Å². The summed E-state index contributed by atoms with van der Waals surface area (Å²) in [6, 6.07) is 10.6. The average molecular weight is 423 g/mol. The van der Waals surface area contributed by atoms with Crippen molar-refractivity contribution in [3.8, 4) is 0 Å². The van der Waals surface area contributed by atoms with E-state index in [-0.39, 0.29) is 4.90 Å². The van der Waals surface area contributed by atoms with Crippen molar-refractivity contribution in [1.82, 2.24) is 0 Å². The van der Waals surface area contributed by atoms with E-state index in [1.54, 1.807) is 24.3 Å². The highest BCUT2D eigenvalue weighted by atomic mass is 79.9. The van der Waals surface area contributed by atoms with Crippen molar-refractivity contribution in [3.63, 3.8) is 0 Å². The van der Waals surface area contributed by atoms with Crippen LogP contribution in [0.4, 0.5) is 10.1 Å². The lowest BCUT2D eigenvalue weighted by molar-refractivity contribution is 0.570. The summed E-state index contributed by atoms with van der Waals surface area (Å²) in [6.45, 7) is 0. The monoisotopic (exact) mass is 421 g/mol. The molecule has 0 amide bonds. The van der Waals surface area contributed by atoms with Crippen LogP contribution in [0.5, 0.6) is 0 Å². The van der Waals surface area contributed by atoms with Gasteiger partial charge in [-0.05, 0) is 35.9 Å². The van der Waals surface area contributed by atoms with Gasteiger partial charge in [-0.2, -0.15) is 0 Å². The van der Waals surface area contributed by atoms with E-state index in [4.69, 9.17) is 0 Å². The van der Waals surface area contributed by atoms with Crippen LogP contribution in [0, 0.1) is 5.82 Å². The predicted octanol–water partition coefficient (Wildman–Crippen LogP) is 4.28. The summed E-state index contributed by atoms with van der Waals surface area (Å²) in [4.78, 5) is -0.384. The highest BCUT2D eigenvalue weighted by Crippen LogP contribution is 2.22. The molecule has 2 aromatic rings. The van der Waals surface area contributed by atoms with E-state index < -0.39 is 15.8 Å².